The Bertz CT molecular complexity index is 378. The van der Waals surface area contributed by atoms with Gasteiger partial charge in [0.1, 0.15) is 0 Å². The van der Waals surface area contributed by atoms with Gasteiger partial charge in [-0.15, -0.1) is 0 Å². The largest absolute Gasteiger partial charge is 0.381 e. The molecule has 0 spiro atoms. The topological polar surface area (TPSA) is 36.0 Å². The molecule has 2 aliphatic heterocycles. The minimum atomic E-state index is 0.124. The van der Waals surface area contributed by atoms with E-state index < -0.39 is 0 Å². The van der Waals surface area contributed by atoms with Gasteiger partial charge in [-0.1, -0.05) is 0 Å². The van der Waals surface area contributed by atoms with Crippen LogP contribution in [0, 0.1) is 11.8 Å². The van der Waals surface area contributed by atoms with Crippen molar-refractivity contribution in [3.05, 3.63) is 0 Å². The first-order valence-electron chi connectivity index (χ1n) is 8.89. The number of amides is 1. The van der Waals surface area contributed by atoms with Gasteiger partial charge in [0.2, 0.25) is 5.91 Å². The van der Waals surface area contributed by atoms with Crippen molar-refractivity contribution in [2.45, 2.75) is 31.7 Å². The number of hydrogen-bond donors (Lipinski definition) is 0. The Hall–Kier alpha value is -0.650. The van der Waals surface area contributed by atoms with Gasteiger partial charge in [0.25, 0.3) is 0 Å². The van der Waals surface area contributed by atoms with E-state index in [0.29, 0.717) is 11.9 Å². The van der Waals surface area contributed by atoms with E-state index in [1.165, 1.54) is 19.4 Å². The molecule has 2 heterocycles. The molecule has 1 saturated carbocycles. The summed E-state index contributed by atoms with van der Waals surface area (Å²) in [5.74, 6) is 1.31. The second-order valence-electron chi connectivity index (χ2n) is 7.47. The predicted molar refractivity (Wildman–Crippen MR) is 86.8 cm³/mol. The number of rotatable bonds is 4. The van der Waals surface area contributed by atoms with E-state index in [-0.39, 0.29) is 5.92 Å². The molecule has 0 aromatic heterocycles. The monoisotopic (exact) mass is 309 g/mol. The van der Waals surface area contributed by atoms with E-state index >= 15 is 0 Å². The summed E-state index contributed by atoms with van der Waals surface area (Å²) in [5.41, 5.74) is 0. The lowest BCUT2D eigenvalue weighted by atomic mass is 10.0. The van der Waals surface area contributed by atoms with Crippen molar-refractivity contribution in [2.75, 3.05) is 60.0 Å². The summed E-state index contributed by atoms with van der Waals surface area (Å²) >= 11 is 0. The predicted octanol–water partition coefficient (Wildman–Crippen LogP) is 0.897. The summed E-state index contributed by atoms with van der Waals surface area (Å²) in [6.07, 6.45) is 5.00. The van der Waals surface area contributed by atoms with Gasteiger partial charge in [-0.2, -0.15) is 0 Å². The first-order valence-corrected chi connectivity index (χ1v) is 8.89. The standard InChI is InChI=1S/C17H31N3O2/c1-18(2)17(21)15-12-19(11-14-3-4-14)7-8-20(13-15)16-5-9-22-10-6-16/h14-16H,3-13H2,1-2H3. The van der Waals surface area contributed by atoms with Gasteiger partial charge in [-0.3, -0.25) is 9.69 Å². The molecule has 2 saturated heterocycles. The minimum Gasteiger partial charge on any atom is -0.381 e. The summed E-state index contributed by atoms with van der Waals surface area (Å²) in [5, 5.41) is 0. The lowest BCUT2D eigenvalue weighted by Crippen LogP contribution is -2.45. The van der Waals surface area contributed by atoms with E-state index in [4.69, 9.17) is 4.74 Å². The van der Waals surface area contributed by atoms with Crippen LogP contribution in [0.4, 0.5) is 0 Å². The minimum absolute atomic E-state index is 0.124. The highest BCUT2D eigenvalue weighted by atomic mass is 16.5. The SMILES string of the molecule is CN(C)C(=O)C1CN(CC2CC2)CCN(C2CCOCC2)C1. The van der Waals surface area contributed by atoms with E-state index in [9.17, 15) is 4.79 Å². The fourth-order valence-electron chi connectivity index (χ4n) is 3.84. The Morgan fingerprint density at radius 1 is 1.09 bits per heavy atom. The summed E-state index contributed by atoms with van der Waals surface area (Å²) in [6, 6.07) is 0.604. The van der Waals surface area contributed by atoms with Crippen molar-refractivity contribution in [1.29, 1.82) is 0 Å². The van der Waals surface area contributed by atoms with Gasteiger partial charge >= 0.3 is 0 Å². The molecule has 0 bridgehead atoms. The zero-order chi connectivity index (χ0) is 15.5. The van der Waals surface area contributed by atoms with Crippen LogP contribution in [0.2, 0.25) is 0 Å². The number of carbonyl (C=O) groups excluding carboxylic acids is 1. The smallest absolute Gasteiger partial charge is 0.227 e. The fraction of sp³-hybridized carbons (Fsp3) is 0.941. The van der Waals surface area contributed by atoms with Crippen LogP contribution in [0.3, 0.4) is 0 Å². The summed E-state index contributed by atoms with van der Waals surface area (Å²) in [6.45, 7) is 7.02. The van der Waals surface area contributed by atoms with Crippen LogP contribution in [-0.2, 0) is 9.53 Å². The molecule has 5 heteroatoms. The molecule has 22 heavy (non-hydrogen) atoms. The van der Waals surface area contributed by atoms with Gasteiger partial charge in [0, 0.05) is 66.1 Å². The molecule has 1 unspecified atom stereocenters. The zero-order valence-corrected chi connectivity index (χ0v) is 14.2. The summed E-state index contributed by atoms with van der Waals surface area (Å²) < 4.78 is 5.50. The van der Waals surface area contributed by atoms with Crippen molar-refractivity contribution in [3.8, 4) is 0 Å². The van der Waals surface area contributed by atoms with E-state index in [2.05, 4.69) is 9.80 Å². The highest BCUT2D eigenvalue weighted by molar-refractivity contribution is 5.78. The third kappa shape index (κ3) is 4.21. The maximum atomic E-state index is 12.6. The van der Waals surface area contributed by atoms with Crippen LogP contribution in [0.25, 0.3) is 0 Å². The van der Waals surface area contributed by atoms with E-state index in [0.717, 1.165) is 58.2 Å². The second-order valence-corrected chi connectivity index (χ2v) is 7.47. The van der Waals surface area contributed by atoms with Crippen molar-refractivity contribution in [3.63, 3.8) is 0 Å². The molecule has 0 aromatic carbocycles. The highest BCUT2D eigenvalue weighted by Gasteiger charge is 2.34. The maximum Gasteiger partial charge on any atom is 0.227 e. The molecule has 3 fully saturated rings. The average Bonchev–Trinajstić information content (AvgIpc) is 3.35. The van der Waals surface area contributed by atoms with Crippen LogP contribution >= 0.6 is 0 Å². The quantitative estimate of drug-likeness (QED) is 0.773. The van der Waals surface area contributed by atoms with E-state index in [1.54, 1.807) is 4.90 Å². The molecule has 1 atom stereocenters. The molecular weight excluding hydrogens is 278 g/mol. The molecule has 0 N–H and O–H groups in total. The molecule has 0 radical (unpaired) electrons. The number of nitrogens with zero attached hydrogens (tertiary/aromatic N) is 3. The molecule has 3 aliphatic rings. The van der Waals surface area contributed by atoms with Crippen LogP contribution in [0.5, 0.6) is 0 Å². The van der Waals surface area contributed by atoms with Gasteiger partial charge in [-0.25, -0.2) is 0 Å². The van der Waals surface area contributed by atoms with Crippen LogP contribution in [0.1, 0.15) is 25.7 Å². The van der Waals surface area contributed by atoms with Crippen molar-refractivity contribution >= 4 is 5.91 Å². The van der Waals surface area contributed by atoms with Crippen LogP contribution < -0.4 is 0 Å². The first-order chi connectivity index (χ1) is 10.6. The average molecular weight is 309 g/mol. The van der Waals surface area contributed by atoms with Gasteiger partial charge < -0.3 is 14.5 Å². The molecule has 5 nitrogen and oxygen atoms in total. The van der Waals surface area contributed by atoms with Gasteiger partial charge in [0.15, 0.2) is 0 Å². The Morgan fingerprint density at radius 3 is 2.45 bits per heavy atom. The third-order valence-corrected chi connectivity index (χ3v) is 5.35. The molecule has 1 amide bonds. The molecule has 126 valence electrons. The second kappa shape index (κ2) is 7.28. The van der Waals surface area contributed by atoms with E-state index in [1.807, 2.05) is 14.1 Å². The Labute approximate surface area is 134 Å². The fourth-order valence-corrected chi connectivity index (χ4v) is 3.84. The summed E-state index contributed by atoms with van der Waals surface area (Å²) in [7, 11) is 3.77. The normalized spacial score (nSPS) is 29.3. The molecular formula is C17H31N3O2. The first kappa shape index (κ1) is 16.2. The molecule has 0 aromatic rings. The Balaban J connectivity index is 1.65. The molecule has 1 aliphatic carbocycles. The van der Waals surface area contributed by atoms with Crippen molar-refractivity contribution in [1.82, 2.24) is 14.7 Å². The molecule has 3 rings (SSSR count). The lowest BCUT2D eigenvalue weighted by Gasteiger charge is -2.34. The van der Waals surface area contributed by atoms with Crippen LogP contribution in [0.15, 0.2) is 0 Å². The van der Waals surface area contributed by atoms with Crippen molar-refractivity contribution in [2.24, 2.45) is 11.8 Å². The Morgan fingerprint density at radius 2 is 1.82 bits per heavy atom. The zero-order valence-electron chi connectivity index (χ0n) is 14.2. The highest BCUT2D eigenvalue weighted by Crippen LogP contribution is 2.30. The lowest BCUT2D eigenvalue weighted by molar-refractivity contribution is -0.134. The van der Waals surface area contributed by atoms with Crippen molar-refractivity contribution < 1.29 is 9.53 Å². The Kier molecular flexibility index (Phi) is 5.37. The maximum absolute atomic E-state index is 12.6. The van der Waals surface area contributed by atoms with Gasteiger partial charge in [-0.05, 0) is 31.6 Å². The number of hydrogen-bond acceptors (Lipinski definition) is 4. The van der Waals surface area contributed by atoms with Gasteiger partial charge in [0.05, 0.1) is 5.92 Å². The van der Waals surface area contributed by atoms with Crippen LogP contribution in [-0.4, -0.2) is 86.7 Å². The number of ether oxygens (including phenoxy) is 1. The summed E-state index contributed by atoms with van der Waals surface area (Å²) in [4.78, 5) is 19.5. The number of carbonyl (C=O) groups is 1. The third-order valence-electron chi connectivity index (χ3n) is 5.35.